The molecule has 1 saturated heterocycles. The Morgan fingerprint density at radius 1 is 1.38 bits per heavy atom. The Balaban J connectivity index is 2.29. The zero-order valence-electron chi connectivity index (χ0n) is 8.67. The molecule has 1 fully saturated rings. The summed E-state index contributed by atoms with van der Waals surface area (Å²) in [6.07, 6.45) is -1.06. The second kappa shape index (κ2) is 4.69. The van der Waals surface area contributed by atoms with E-state index < -0.39 is 17.7 Å². The summed E-state index contributed by atoms with van der Waals surface area (Å²) in [5, 5.41) is 3.17. The highest BCUT2D eigenvalue weighted by Gasteiger charge is 2.19. The number of rotatable bonds is 2. The molecule has 0 bridgehead atoms. The predicted molar refractivity (Wildman–Crippen MR) is 54.7 cm³/mol. The first-order valence-electron chi connectivity index (χ1n) is 5.27. The molecule has 0 saturated carbocycles. The Bertz CT molecular complexity index is 413. The predicted octanol–water partition coefficient (Wildman–Crippen LogP) is 1.17. The van der Waals surface area contributed by atoms with Crippen LogP contribution in [-0.2, 0) is 0 Å². The van der Waals surface area contributed by atoms with Gasteiger partial charge in [-0.05, 0) is 25.9 Å². The first-order chi connectivity index (χ1) is 7.66. The summed E-state index contributed by atoms with van der Waals surface area (Å²) in [4.78, 5) is 17.6. The van der Waals surface area contributed by atoms with Crippen LogP contribution in [0.15, 0.2) is 10.9 Å². The van der Waals surface area contributed by atoms with Gasteiger partial charge in [0.05, 0.1) is 0 Å². The summed E-state index contributed by atoms with van der Waals surface area (Å²) in [6, 6.07) is 0.856. The summed E-state index contributed by atoms with van der Waals surface area (Å²) in [5.41, 5.74) is -0.934. The van der Waals surface area contributed by atoms with E-state index in [1.165, 1.54) is 0 Å². The number of aromatic amines is 1. The van der Waals surface area contributed by atoms with Gasteiger partial charge in [0.2, 0.25) is 0 Å². The van der Waals surface area contributed by atoms with Crippen LogP contribution in [0.1, 0.15) is 36.7 Å². The van der Waals surface area contributed by atoms with Gasteiger partial charge in [-0.15, -0.1) is 0 Å². The second-order valence-corrected chi connectivity index (χ2v) is 3.88. The highest BCUT2D eigenvalue weighted by atomic mass is 19.3. The van der Waals surface area contributed by atoms with Crippen molar-refractivity contribution in [3.63, 3.8) is 0 Å². The lowest BCUT2D eigenvalue weighted by Crippen LogP contribution is -2.28. The monoisotopic (exact) mass is 229 g/mol. The number of piperidine rings is 1. The van der Waals surface area contributed by atoms with E-state index in [1.807, 2.05) is 0 Å². The average molecular weight is 229 g/mol. The number of H-pyrrole nitrogens is 1. The van der Waals surface area contributed by atoms with Crippen molar-refractivity contribution in [3.8, 4) is 0 Å². The quantitative estimate of drug-likeness (QED) is 0.800. The molecule has 2 heterocycles. The van der Waals surface area contributed by atoms with Crippen molar-refractivity contribution >= 4 is 0 Å². The van der Waals surface area contributed by atoms with Gasteiger partial charge >= 0.3 is 0 Å². The molecule has 1 aromatic heterocycles. The van der Waals surface area contributed by atoms with Crippen LogP contribution >= 0.6 is 0 Å². The van der Waals surface area contributed by atoms with Crippen molar-refractivity contribution in [1.82, 2.24) is 15.3 Å². The number of nitrogens with one attached hydrogen (secondary N) is 2. The molecule has 0 spiro atoms. The van der Waals surface area contributed by atoms with Crippen molar-refractivity contribution in [2.45, 2.75) is 25.2 Å². The summed E-state index contributed by atoms with van der Waals surface area (Å²) in [6.45, 7) is 1.65. The largest absolute Gasteiger partial charge is 0.317 e. The van der Waals surface area contributed by atoms with Crippen LogP contribution in [0.25, 0.3) is 0 Å². The zero-order valence-corrected chi connectivity index (χ0v) is 8.67. The van der Waals surface area contributed by atoms with Gasteiger partial charge < -0.3 is 10.3 Å². The Labute approximate surface area is 91.1 Å². The molecule has 88 valence electrons. The molecule has 0 unspecified atom stereocenters. The smallest absolute Gasteiger partial charge is 0.280 e. The molecular weight excluding hydrogens is 216 g/mol. The molecule has 4 nitrogen and oxygen atoms in total. The maximum absolute atomic E-state index is 12.5. The lowest BCUT2D eigenvalue weighted by atomic mass is 9.97. The Morgan fingerprint density at radius 2 is 2.06 bits per heavy atom. The zero-order chi connectivity index (χ0) is 11.5. The minimum Gasteiger partial charge on any atom is -0.317 e. The molecule has 0 atom stereocenters. The van der Waals surface area contributed by atoms with Gasteiger partial charge in [0.25, 0.3) is 12.0 Å². The number of nitrogens with zero attached hydrogens (tertiary/aromatic N) is 1. The topological polar surface area (TPSA) is 57.8 Å². The summed E-state index contributed by atoms with van der Waals surface area (Å²) in [5.74, 6) is 0.469. The van der Waals surface area contributed by atoms with Gasteiger partial charge in [-0.25, -0.2) is 13.8 Å². The maximum atomic E-state index is 12.5. The Hall–Kier alpha value is -1.30. The third-order valence-electron chi connectivity index (χ3n) is 2.73. The number of aromatic nitrogens is 2. The minimum absolute atomic E-state index is 0.0765. The van der Waals surface area contributed by atoms with Gasteiger partial charge in [-0.2, -0.15) is 0 Å². The van der Waals surface area contributed by atoms with Crippen molar-refractivity contribution < 1.29 is 8.78 Å². The van der Waals surface area contributed by atoms with E-state index >= 15 is 0 Å². The van der Waals surface area contributed by atoms with Crippen LogP contribution in [0.4, 0.5) is 8.78 Å². The van der Waals surface area contributed by atoms with Gasteiger partial charge in [-0.3, -0.25) is 4.79 Å². The Kier molecular flexibility index (Phi) is 3.28. The summed E-state index contributed by atoms with van der Waals surface area (Å²) in [7, 11) is 0. The third-order valence-corrected chi connectivity index (χ3v) is 2.73. The number of hydrogen-bond acceptors (Lipinski definition) is 3. The lowest BCUT2D eigenvalue weighted by Gasteiger charge is -2.21. The average Bonchev–Trinajstić information content (AvgIpc) is 2.29. The van der Waals surface area contributed by atoms with Gasteiger partial charge in [0, 0.05) is 12.0 Å². The highest BCUT2D eigenvalue weighted by molar-refractivity contribution is 5.07. The van der Waals surface area contributed by atoms with E-state index in [2.05, 4.69) is 15.3 Å². The third kappa shape index (κ3) is 2.44. The van der Waals surface area contributed by atoms with Gasteiger partial charge in [0.15, 0.2) is 0 Å². The fourth-order valence-electron chi connectivity index (χ4n) is 1.90. The molecular formula is C10H13F2N3O. The van der Waals surface area contributed by atoms with Gasteiger partial charge in [0.1, 0.15) is 11.5 Å². The molecule has 1 aromatic rings. The van der Waals surface area contributed by atoms with E-state index in [1.54, 1.807) is 0 Å². The fourth-order valence-corrected chi connectivity index (χ4v) is 1.90. The van der Waals surface area contributed by atoms with Crippen LogP contribution in [0.2, 0.25) is 0 Å². The summed E-state index contributed by atoms with van der Waals surface area (Å²) < 4.78 is 24.9. The molecule has 2 N–H and O–H groups in total. The van der Waals surface area contributed by atoms with E-state index in [4.69, 9.17) is 0 Å². The molecule has 16 heavy (non-hydrogen) atoms. The van der Waals surface area contributed by atoms with Crippen LogP contribution < -0.4 is 10.9 Å². The maximum Gasteiger partial charge on any atom is 0.280 e. The number of hydrogen-bond donors (Lipinski definition) is 2. The molecule has 0 aliphatic carbocycles. The molecule has 0 radical (unpaired) electrons. The van der Waals surface area contributed by atoms with E-state index in [0.29, 0.717) is 5.82 Å². The van der Waals surface area contributed by atoms with Crippen molar-refractivity contribution in [3.05, 3.63) is 27.9 Å². The molecule has 0 aromatic carbocycles. The van der Waals surface area contributed by atoms with Crippen molar-refractivity contribution in [1.29, 1.82) is 0 Å². The fraction of sp³-hybridized carbons (Fsp3) is 0.600. The highest BCUT2D eigenvalue weighted by Crippen LogP contribution is 2.23. The van der Waals surface area contributed by atoms with E-state index in [0.717, 1.165) is 32.0 Å². The molecule has 1 aliphatic heterocycles. The minimum atomic E-state index is -2.69. The first-order valence-corrected chi connectivity index (χ1v) is 5.27. The molecule has 0 amide bonds. The normalized spacial score (nSPS) is 17.9. The van der Waals surface area contributed by atoms with Crippen LogP contribution in [0.3, 0.4) is 0 Å². The molecule has 6 heteroatoms. The van der Waals surface area contributed by atoms with Crippen molar-refractivity contribution in [2.75, 3.05) is 13.1 Å². The first kappa shape index (κ1) is 11.2. The number of halogens is 2. The summed E-state index contributed by atoms with van der Waals surface area (Å²) >= 11 is 0. The van der Waals surface area contributed by atoms with Crippen LogP contribution in [-0.4, -0.2) is 23.1 Å². The second-order valence-electron chi connectivity index (χ2n) is 3.88. The van der Waals surface area contributed by atoms with E-state index in [-0.39, 0.29) is 5.92 Å². The van der Waals surface area contributed by atoms with Gasteiger partial charge in [-0.1, -0.05) is 0 Å². The van der Waals surface area contributed by atoms with Crippen molar-refractivity contribution in [2.24, 2.45) is 0 Å². The molecule has 2 rings (SSSR count). The lowest BCUT2D eigenvalue weighted by molar-refractivity contribution is 0.145. The molecule has 1 aliphatic rings. The standard InChI is InChI=1S/C10H13F2N3O/c11-9(12)7-5-8(16)15-10(14-7)6-1-3-13-4-2-6/h5-6,9,13H,1-4H2,(H,14,15,16). The Morgan fingerprint density at radius 3 is 2.69 bits per heavy atom. The van der Waals surface area contributed by atoms with Crippen LogP contribution in [0, 0.1) is 0 Å². The van der Waals surface area contributed by atoms with E-state index in [9.17, 15) is 13.6 Å². The SMILES string of the molecule is O=c1cc(C(F)F)nc(C2CCNCC2)[nH]1. The van der Waals surface area contributed by atoms with Crippen LogP contribution in [0.5, 0.6) is 0 Å². The number of alkyl halides is 2.